The number of carbonyl (C=O) groups excluding carboxylic acids is 1. The molecule has 0 radical (unpaired) electrons. The number of benzene rings is 2. The van der Waals surface area contributed by atoms with E-state index in [0.717, 1.165) is 49.7 Å². The normalized spacial score (nSPS) is 18.5. The lowest BCUT2D eigenvalue weighted by atomic mass is 9.85. The van der Waals surface area contributed by atoms with Crippen LogP contribution in [0.15, 0.2) is 48.5 Å². The van der Waals surface area contributed by atoms with Crippen LogP contribution in [0.5, 0.6) is 0 Å². The first kappa shape index (κ1) is 21.4. The Hall–Kier alpha value is -2.82. The fraction of sp³-hybridized carbons (Fsp3) is 0.462. The first-order valence-electron chi connectivity index (χ1n) is 11.5. The monoisotopic (exact) mass is 421 g/mol. The molecule has 2 aromatic rings. The number of carboxylic acid groups (broad SMARTS) is 1. The van der Waals surface area contributed by atoms with Crippen molar-refractivity contribution in [2.45, 2.75) is 69.2 Å². The maximum atomic E-state index is 12.8. The third kappa shape index (κ3) is 4.60. The Kier molecular flexibility index (Phi) is 6.59. The summed E-state index contributed by atoms with van der Waals surface area (Å²) in [6.45, 7) is 0.190. The van der Waals surface area contributed by atoms with Crippen molar-refractivity contribution in [2.24, 2.45) is 0 Å². The van der Waals surface area contributed by atoms with Crippen molar-refractivity contribution in [3.63, 3.8) is 0 Å². The lowest BCUT2D eigenvalue weighted by molar-refractivity contribution is -0.145. The number of amides is 1. The molecule has 5 nitrogen and oxygen atoms in total. The molecule has 0 aromatic heterocycles. The van der Waals surface area contributed by atoms with E-state index < -0.39 is 17.6 Å². The summed E-state index contributed by atoms with van der Waals surface area (Å²) in [7, 11) is 0. The van der Waals surface area contributed by atoms with E-state index in [2.05, 4.69) is 29.6 Å². The molecule has 5 heteroatoms. The number of ether oxygens (including phenoxy) is 1. The SMILES string of the molecule is O=C(NC1(C(=O)O)CCCCCCCCC1)OCC1c2ccccc2-c2ccccc21. The fourth-order valence-electron chi connectivity index (χ4n) is 5.08. The highest BCUT2D eigenvalue weighted by Crippen LogP contribution is 2.44. The Morgan fingerprint density at radius 3 is 1.84 bits per heavy atom. The maximum Gasteiger partial charge on any atom is 0.408 e. The molecule has 164 valence electrons. The fourth-order valence-corrected chi connectivity index (χ4v) is 5.08. The average Bonchev–Trinajstić information content (AvgIpc) is 3.10. The number of hydrogen-bond acceptors (Lipinski definition) is 3. The van der Waals surface area contributed by atoms with Gasteiger partial charge in [0.1, 0.15) is 12.1 Å². The second kappa shape index (κ2) is 9.54. The Labute approximate surface area is 183 Å². The van der Waals surface area contributed by atoms with Crippen molar-refractivity contribution >= 4 is 12.1 Å². The molecule has 2 aromatic carbocycles. The van der Waals surface area contributed by atoms with E-state index in [0.29, 0.717) is 12.8 Å². The molecule has 0 heterocycles. The van der Waals surface area contributed by atoms with E-state index in [1.165, 1.54) is 17.5 Å². The van der Waals surface area contributed by atoms with Gasteiger partial charge in [-0.05, 0) is 35.1 Å². The van der Waals surface area contributed by atoms with Crippen LogP contribution in [-0.4, -0.2) is 29.3 Å². The van der Waals surface area contributed by atoms with E-state index in [-0.39, 0.29) is 12.5 Å². The molecule has 0 unspecified atom stereocenters. The van der Waals surface area contributed by atoms with Crippen molar-refractivity contribution in [2.75, 3.05) is 6.61 Å². The van der Waals surface area contributed by atoms with Gasteiger partial charge < -0.3 is 15.2 Å². The standard InChI is InChI=1S/C26H31NO4/c28-24(29)26(16-10-4-2-1-3-5-11-17-26)27-25(30)31-18-23-21-14-8-6-12-19(21)20-13-7-9-15-22(20)23/h6-9,12-15,23H,1-5,10-11,16-18H2,(H,27,30)(H,28,29). The van der Waals surface area contributed by atoms with Crippen molar-refractivity contribution in [1.29, 1.82) is 0 Å². The number of carboxylic acids is 1. The molecule has 4 rings (SSSR count). The minimum atomic E-state index is -1.24. The van der Waals surface area contributed by atoms with Gasteiger partial charge in [-0.3, -0.25) is 0 Å². The van der Waals surface area contributed by atoms with Gasteiger partial charge in [0, 0.05) is 5.92 Å². The van der Waals surface area contributed by atoms with Gasteiger partial charge in [-0.2, -0.15) is 0 Å². The first-order chi connectivity index (χ1) is 15.1. The van der Waals surface area contributed by atoms with Gasteiger partial charge >= 0.3 is 12.1 Å². The van der Waals surface area contributed by atoms with Crippen molar-refractivity contribution in [3.8, 4) is 11.1 Å². The van der Waals surface area contributed by atoms with Crippen LogP contribution in [0.3, 0.4) is 0 Å². The zero-order valence-corrected chi connectivity index (χ0v) is 17.9. The average molecular weight is 422 g/mol. The molecule has 0 bridgehead atoms. The minimum absolute atomic E-state index is 0.0389. The molecule has 2 N–H and O–H groups in total. The van der Waals surface area contributed by atoms with Gasteiger partial charge in [0.15, 0.2) is 0 Å². The lowest BCUT2D eigenvalue weighted by Gasteiger charge is -2.31. The number of hydrogen-bond donors (Lipinski definition) is 2. The molecule has 0 saturated heterocycles. The van der Waals surface area contributed by atoms with Gasteiger partial charge in [-0.15, -0.1) is 0 Å². The Bertz CT molecular complexity index is 883. The van der Waals surface area contributed by atoms with Crippen LogP contribution < -0.4 is 5.32 Å². The third-order valence-electron chi connectivity index (χ3n) is 6.80. The van der Waals surface area contributed by atoms with E-state index >= 15 is 0 Å². The second-order valence-corrected chi connectivity index (χ2v) is 8.81. The zero-order chi connectivity index (χ0) is 21.7. The Balaban J connectivity index is 1.46. The summed E-state index contributed by atoms with van der Waals surface area (Å²) in [6.07, 6.45) is 7.33. The van der Waals surface area contributed by atoms with Gasteiger partial charge in [0.25, 0.3) is 0 Å². The molecule has 31 heavy (non-hydrogen) atoms. The zero-order valence-electron chi connectivity index (χ0n) is 17.9. The molecule has 0 aliphatic heterocycles. The third-order valence-corrected chi connectivity index (χ3v) is 6.80. The van der Waals surface area contributed by atoms with Crippen molar-refractivity contribution in [1.82, 2.24) is 5.32 Å². The minimum Gasteiger partial charge on any atom is -0.480 e. The van der Waals surface area contributed by atoms with Crippen molar-refractivity contribution in [3.05, 3.63) is 59.7 Å². The van der Waals surface area contributed by atoms with Crippen LogP contribution in [0.1, 0.15) is 74.8 Å². The molecule has 1 amide bonds. The van der Waals surface area contributed by atoms with Crippen LogP contribution in [0.25, 0.3) is 11.1 Å². The molecule has 1 saturated carbocycles. The Morgan fingerprint density at radius 1 is 0.839 bits per heavy atom. The highest BCUT2D eigenvalue weighted by atomic mass is 16.5. The quantitative estimate of drug-likeness (QED) is 0.647. The molecule has 2 aliphatic carbocycles. The smallest absolute Gasteiger partial charge is 0.408 e. The predicted octanol–water partition coefficient (Wildman–Crippen LogP) is 5.87. The summed E-state index contributed by atoms with van der Waals surface area (Å²) in [5.41, 5.74) is 3.38. The van der Waals surface area contributed by atoms with E-state index in [1.54, 1.807) is 0 Å². The Morgan fingerprint density at radius 2 is 1.32 bits per heavy atom. The number of carbonyl (C=O) groups is 2. The van der Waals surface area contributed by atoms with Crippen molar-refractivity contribution < 1.29 is 19.4 Å². The number of fused-ring (bicyclic) bond motifs is 3. The summed E-state index contributed by atoms with van der Waals surface area (Å²) < 4.78 is 5.63. The number of aliphatic carboxylic acids is 1. The molecule has 0 atom stereocenters. The van der Waals surface area contributed by atoms with Crippen LogP contribution in [0.4, 0.5) is 4.79 Å². The van der Waals surface area contributed by atoms with Gasteiger partial charge in [0.05, 0.1) is 0 Å². The summed E-state index contributed by atoms with van der Waals surface area (Å²) in [6, 6.07) is 16.3. The number of nitrogens with one attached hydrogen (secondary N) is 1. The van der Waals surface area contributed by atoms with Crippen LogP contribution >= 0.6 is 0 Å². The topological polar surface area (TPSA) is 75.6 Å². The van der Waals surface area contributed by atoms with E-state index in [1.807, 2.05) is 24.3 Å². The summed E-state index contributed by atoms with van der Waals surface area (Å²) in [5.74, 6) is -0.996. The van der Waals surface area contributed by atoms with Crippen LogP contribution in [0.2, 0.25) is 0 Å². The van der Waals surface area contributed by atoms with E-state index in [9.17, 15) is 14.7 Å². The van der Waals surface area contributed by atoms with Gasteiger partial charge in [-0.25, -0.2) is 9.59 Å². The number of alkyl carbamates (subject to hydrolysis) is 1. The van der Waals surface area contributed by atoms with Crippen LogP contribution in [0, 0.1) is 0 Å². The molecular formula is C26H31NO4. The highest BCUT2D eigenvalue weighted by molar-refractivity contribution is 5.84. The molecule has 2 aliphatic rings. The molecule has 0 spiro atoms. The lowest BCUT2D eigenvalue weighted by Crippen LogP contribution is -2.54. The molecular weight excluding hydrogens is 390 g/mol. The second-order valence-electron chi connectivity index (χ2n) is 8.81. The number of rotatable bonds is 4. The van der Waals surface area contributed by atoms with E-state index in [4.69, 9.17) is 4.74 Å². The van der Waals surface area contributed by atoms with Gasteiger partial charge in [-0.1, -0.05) is 93.5 Å². The summed E-state index contributed by atoms with van der Waals surface area (Å²) in [5, 5.41) is 12.7. The highest BCUT2D eigenvalue weighted by Gasteiger charge is 2.40. The first-order valence-corrected chi connectivity index (χ1v) is 11.5. The molecule has 1 fully saturated rings. The van der Waals surface area contributed by atoms with Gasteiger partial charge in [0.2, 0.25) is 0 Å². The summed E-state index contributed by atoms with van der Waals surface area (Å²) >= 11 is 0. The van der Waals surface area contributed by atoms with Crippen LogP contribution in [-0.2, 0) is 9.53 Å². The largest absolute Gasteiger partial charge is 0.480 e. The summed E-state index contributed by atoms with van der Waals surface area (Å²) in [4.78, 5) is 24.9. The maximum absolute atomic E-state index is 12.8. The predicted molar refractivity (Wildman–Crippen MR) is 120 cm³/mol.